The van der Waals surface area contributed by atoms with E-state index in [-0.39, 0.29) is 11.5 Å². The quantitative estimate of drug-likeness (QED) is 0.801. The van der Waals surface area contributed by atoms with Gasteiger partial charge < -0.3 is 16.2 Å². The molecule has 0 aliphatic carbocycles. The second-order valence-electron chi connectivity index (χ2n) is 4.67. The summed E-state index contributed by atoms with van der Waals surface area (Å²) in [5.41, 5.74) is 12.9. The van der Waals surface area contributed by atoms with Crippen molar-refractivity contribution in [2.75, 3.05) is 13.2 Å². The van der Waals surface area contributed by atoms with Crippen molar-refractivity contribution in [2.24, 2.45) is 16.9 Å². The Kier molecular flexibility index (Phi) is 4.33. The maximum atomic E-state index is 6.19. The minimum atomic E-state index is -0.0901. The van der Waals surface area contributed by atoms with Crippen molar-refractivity contribution in [2.45, 2.75) is 26.8 Å². The van der Waals surface area contributed by atoms with E-state index in [9.17, 15) is 0 Å². The molecule has 3 nitrogen and oxygen atoms in total. The van der Waals surface area contributed by atoms with Gasteiger partial charge in [-0.05, 0) is 36.6 Å². The average molecular weight is 222 g/mol. The molecule has 0 saturated carbocycles. The van der Waals surface area contributed by atoms with Gasteiger partial charge in [0.1, 0.15) is 5.75 Å². The van der Waals surface area contributed by atoms with Crippen molar-refractivity contribution < 1.29 is 4.74 Å². The second kappa shape index (κ2) is 5.32. The Morgan fingerprint density at radius 3 is 2.25 bits per heavy atom. The lowest BCUT2D eigenvalue weighted by Crippen LogP contribution is -2.35. The van der Waals surface area contributed by atoms with Crippen LogP contribution in [-0.2, 0) is 0 Å². The van der Waals surface area contributed by atoms with Crippen molar-refractivity contribution >= 4 is 0 Å². The summed E-state index contributed by atoms with van der Waals surface area (Å²) in [5, 5.41) is 0. The van der Waals surface area contributed by atoms with Crippen molar-refractivity contribution in [3.05, 3.63) is 29.8 Å². The third-order valence-electron chi connectivity index (χ3n) is 2.92. The summed E-state index contributed by atoms with van der Waals surface area (Å²) >= 11 is 0. The fourth-order valence-corrected chi connectivity index (χ4v) is 1.52. The Balaban J connectivity index is 2.81. The smallest absolute Gasteiger partial charge is 0.119 e. The zero-order valence-corrected chi connectivity index (χ0v) is 10.4. The SMILES string of the molecule is CCOc1ccc(C(N)C(C)(C)CN)cc1. The van der Waals surface area contributed by atoms with Crippen LogP contribution in [0.4, 0.5) is 0 Å². The van der Waals surface area contributed by atoms with Gasteiger partial charge in [-0.1, -0.05) is 26.0 Å². The molecular formula is C13H22N2O. The van der Waals surface area contributed by atoms with Crippen molar-refractivity contribution in [3.8, 4) is 5.75 Å². The summed E-state index contributed by atoms with van der Waals surface area (Å²) in [4.78, 5) is 0. The minimum absolute atomic E-state index is 0.0480. The molecule has 1 unspecified atom stereocenters. The second-order valence-corrected chi connectivity index (χ2v) is 4.67. The molecule has 4 N–H and O–H groups in total. The summed E-state index contributed by atoms with van der Waals surface area (Å²) in [6.07, 6.45) is 0. The van der Waals surface area contributed by atoms with Crippen LogP contribution in [0.25, 0.3) is 0 Å². The van der Waals surface area contributed by atoms with Crippen LogP contribution in [0.1, 0.15) is 32.4 Å². The van der Waals surface area contributed by atoms with E-state index in [1.54, 1.807) is 0 Å². The van der Waals surface area contributed by atoms with Gasteiger partial charge in [0.05, 0.1) is 6.61 Å². The highest BCUT2D eigenvalue weighted by Gasteiger charge is 2.25. The molecule has 1 aromatic carbocycles. The molecule has 0 saturated heterocycles. The summed E-state index contributed by atoms with van der Waals surface area (Å²) < 4.78 is 5.39. The maximum absolute atomic E-state index is 6.19. The Bertz CT molecular complexity index is 319. The highest BCUT2D eigenvalue weighted by Crippen LogP contribution is 2.30. The van der Waals surface area contributed by atoms with Gasteiger partial charge >= 0.3 is 0 Å². The van der Waals surface area contributed by atoms with E-state index >= 15 is 0 Å². The highest BCUT2D eigenvalue weighted by atomic mass is 16.5. The number of nitrogens with two attached hydrogens (primary N) is 2. The molecule has 0 aliphatic rings. The summed E-state index contributed by atoms with van der Waals surface area (Å²) in [6.45, 7) is 7.38. The van der Waals surface area contributed by atoms with Gasteiger partial charge in [0.25, 0.3) is 0 Å². The first kappa shape index (κ1) is 13.0. The number of benzene rings is 1. The van der Waals surface area contributed by atoms with E-state index in [2.05, 4.69) is 13.8 Å². The number of rotatable bonds is 5. The molecule has 0 aliphatic heterocycles. The molecule has 1 rings (SSSR count). The van der Waals surface area contributed by atoms with Gasteiger partial charge in [0.15, 0.2) is 0 Å². The van der Waals surface area contributed by atoms with Crippen LogP contribution in [0.15, 0.2) is 24.3 Å². The van der Waals surface area contributed by atoms with Gasteiger partial charge in [-0.25, -0.2) is 0 Å². The van der Waals surface area contributed by atoms with Gasteiger partial charge in [-0.2, -0.15) is 0 Å². The predicted octanol–water partition coefficient (Wildman–Crippen LogP) is 2.07. The molecule has 1 atom stereocenters. The summed E-state index contributed by atoms with van der Waals surface area (Å²) in [5.74, 6) is 0.879. The Hall–Kier alpha value is -1.06. The van der Waals surface area contributed by atoms with E-state index < -0.39 is 0 Å². The van der Waals surface area contributed by atoms with Gasteiger partial charge in [0, 0.05) is 6.04 Å². The normalized spacial score (nSPS) is 13.6. The van der Waals surface area contributed by atoms with Crippen molar-refractivity contribution in [1.29, 1.82) is 0 Å². The van der Waals surface area contributed by atoms with Gasteiger partial charge in [-0.15, -0.1) is 0 Å². The van der Waals surface area contributed by atoms with Crippen molar-refractivity contribution in [3.63, 3.8) is 0 Å². The Morgan fingerprint density at radius 1 is 1.25 bits per heavy atom. The Morgan fingerprint density at radius 2 is 1.81 bits per heavy atom. The first-order valence-electron chi connectivity index (χ1n) is 5.69. The van der Waals surface area contributed by atoms with Crippen molar-refractivity contribution in [1.82, 2.24) is 0 Å². The van der Waals surface area contributed by atoms with Crippen LogP contribution in [0.2, 0.25) is 0 Å². The van der Waals surface area contributed by atoms with E-state index in [1.165, 1.54) is 0 Å². The minimum Gasteiger partial charge on any atom is -0.494 e. The molecule has 0 radical (unpaired) electrons. The summed E-state index contributed by atoms with van der Waals surface area (Å²) in [7, 11) is 0. The lowest BCUT2D eigenvalue weighted by Gasteiger charge is -2.30. The van der Waals surface area contributed by atoms with E-state index in [0.29, 0.717) is 13.2 Å². The zero-order chi connectivity index (χ0) is 12.2. The van der Waals surface area contributed by atoms with Gasteiger partial charge in [0.2, 0.25) is 0 Å². The molecule has 0 heterocycles. The molecule has 90 valence electrons. The van der Waals surface area contributed by atoms with E-state index in [0.717, 1.165) is 11.3 Å². The fraction of sp³-hybridized carbons (Fsp3) is 0.538. The fourth-order valence-electron chi connectivity index (χ4n) is 1.52. The summed E-state index contributed by atoms with van der Waals surface area (Å²) in [6, 6.07) is 7.87. The molecule has 1 aromatic rings. The molecule has 16 heavy (non-hydrogen) atoms. The van der Waals surface area contributed by atoms with Crippen LogP contribution >= 0.6 is 0 Å². The molecule has 0 amide bonds. The monoisotopic (exact) mass is 222 g/mol. The first-order valence-corrected chi connectivity index (χ1v) is 5.69. The van der Waals surface area contributed by atoms with E-state index in [1.807, 2.05) is 31.2 Å². The van der Waals surface area contributed by atoms with Crippen LogP contribution in [0, 0.1) is 5.41 Å². The molecule has 0 bridgehead atoms. The topological polar surface area (TPSA) is 61.3 Å². The highest BCUT2D eigenvalue weighted by molar-refractivity contribution is 5.30. The van der Waals surface area contributed by atoms with Crippen LogP contribution in [0.5, 0.6) is 5.75 Å². The molecular weight excluding hydrogens is 200 g/mol. The largest absolute Gasteiger partial charge is 0.494 e. The standard InChI is InChI=1S/C13H22N2O/c1-4-16-11-7-5-10(6-8-11)12(15)13(2,3)9-14/h5-8,12H,4,9,14-15H2,1-3H3. The third kappa shape index (κ3) is 2.97. The number of hydrogen-bond acceptors (Lipinski definition) is 3. The molecule has 0 aromatic heterocycles. The predicted molar refractivity (Wildman–Crippen MR) is 67.4 cm³/mol. The van der Waals surface area contributed by atoms with E-state index in [4.69, 9.17) is 16.2 Å². The third-order valence-corrected chi connectivity index (χ3v) is 2.92. The maximum Gasteiger partial charge on any atom is 0.119 e. The Labute approximate surface area is 97.8 Å². The number of hydrogen-bond donors (Lipinski definition) is 2. The first-order chi connectivity index (χ1) is 7.51. The lowest BCUT2D eigenvalue weighted by molar-refractivity contribution is 0.300. The van der Waals surface area contributed by atoms with Crippen LogP contribution < -0.4 is 16.2 Å². The molecule has 0 spiro atoms. The molecule has 0 fully saturated rings. The number of ether oxygens (including phenoxy) is 1. The van der Waals surface area contributed by atoms with Gasteiger partial charge in [-0.3, -0.25) is 0 Å². The molecule has 3 heteroatoms. The van der Waals surface area contributed by atoms with Crippen LogP contribution in [-0.4, -0.2) is 13.2 Å². The van der Waals surface area contributed by atoms with Crippen LogP contribution in [0.3, 0.4) is 0 Å². The lowest BCUT2D eigenvalue weighted by atomic mass is 9.81. The average Bonchev–Trinajstić information content (AvgIpc) is 2.29. The zero-order valence-electron chi connectivity index (χ0n) is 10.4.